The van der Waals surface area contributed by atoms with E-state index in [1.54, 1.807) is 6.92 Å². The maximum Gasteiger partial charge on any atom is 0.158 e. The standard InChI is InChI=1S/C13H15NO/c1-2-3-9-13(15)11-14-10-12-7-5-4-6-8-12/h4-8,14H,9-11H2,1H3. The highest BCUT2D eigenvalue weighted by molar-refractivity contribution is 5.82. The van der Waals surface area contributed by atoms with Gasteiger partial charge in [-0.3, -0.25) is 4.79 Å². The first-order valence-corrected chi connectivity index (χ1v) is 4.99. The fraction of sp³-hybridized carbons (Fsp3) is 0.308. The third-order valence-electron chi connectivity index (χ3n) is 1.96. The lowest BCUT2D eigenvalue weighted by Gasteiger charge is -2.02. The van der Waals surface area contributed by atoms with Crippen LogP contribution in [0, 0.1) is 11.8 Å². The first-order chi connectivity index (χ1) is 7.33. The molecule has 0 fully saturated rings. The first kappa shape index (κ1) is 11.5. The Morgan fingerprint density at radius 1 is 1.33 bits per heavy atom. The summed E-state index contributed by atoms with van der Waals surface area (Å²) in [4.78, 5) is 11.2. The molecule has 0 unspecified atom stereocenters. The van der Waals surface area contributed by atoms with Crippen molar-refractivity contribution in [3.05, 3.63) is 35.9 Å². The molecule has 78 valence electrons. The molecule has 0 saturated carbocycles. The maximum absolute atomic E-state index is 11.2. The van der Waals surface area contributed by atoms with Gasteiger partial charge in [-0.25, -0.2) is 0 Å². The quantitative estimate of drug-likeness (QED) is 0.735. The normalized spacial score (nSPS) is 9.13. The molecule has 0 saturated heterocycles. The monoisotopic (exact) mass is 201 g/mol. The van der Waals surface area contributed by atoms with Gasteiger partial charge in [0.25, 0.3) is 0 Å². The van der Waals surface area contributed by atoms with Gasteiger partial charge < -0.3 is 5.32 Å². The second-order valence-electron chi connectivity index (χ2n) is 3.23. The summed E-state index contributed by atoms with van der Waals surface area (Å²) in [5.74, 6) is 5.60. The molecule has 2 heteroatoms. The van der Waals surface area contributed by atoms with E-state index in [2.05, 4.69) is 17.2 Å². The Morgan fingerprint density at radius 2 is 2.07 bits per heavy atom. The molecule has 2 nitrogen and oxygen atoms in total. The summed E-state index contributed by atoms with van der Waals surface area (Å²) in [5, 5.41) is 3.09. The van der Waals surface area contributed by atoms with Gasteiger partial charge in [-0.05, 0) is 12.5 Å². The number of rotatable bonds is 5. The molecule has 1 N–H and O–H groups in total. The van der Waals surface area contributed by atoms with Crippen LogP contribution in [-0.2, 0) is 11.3 Å². The number of Topliss-reactive ketones (excluding diaryl/α,β-unsaturated/α-hetero) is 1. The van der Waals surface area contributed by atoms with E-state index in [4.69, 9.17) is 0 Å². The third-order valence-corrected chi connectivity index (χ3v) is 1.96. The van der Waals surface area contributed by atoms with E-state index in [-0.39, 0.29) is 5.78 Å². The van der Waals surface area contributed by atoms with Gasteiger partial charge in [0.05, 0.1) is 13.0 Å². The van der Waals surface area contributed by atoms with Gasteiger partial charge in [0, 0.05) is 6.54 Å². The lowest BCUT2D eigenvalue weighted by Crippen LogP contribution is -2.21. The first-order valence-electron chi connectivity index (χ1n) is 4.99. The molecule has 0 aliphatic rings. The Hall–Kier alpha value is -1.59. The number of ketones is 1. The van der Waals surface area contributed by atoms with Crippen LogP contribution in [0.15, 0.2) is 30.3 Å². The molecule has 0 aliphatic heterocycles. The molecule has 0 aliphatic carbocycles. The summed E-state index contributed by atoms with van der Waals surface area (Å²) in [5.41, 5.74) is 1.19. The molecule has 1 rings (SSSR count). The lowest BCUT2D eigenvalue weighted by molar-refractivity contribution is -0.117. The minimum Gasteiger partial charge on any atom is -0.306 e. The largest absolute Gasteiger partial charge is 0.306 e. The summed E-state index contributed by atoms with van der Waals surface area (Å²) in [7, 11) is 0. The van der Waals surface area contributed by atoms with Gasteiger partial charge in [-0.1, -0.05) is 36.3 Å². The van der Waals surface area contributed by atoms with Crippen LogP contribution in [0.4, 0.5) is 0 Å². The van der Waals surface area contributed by atoms with Gasteiger partial charge >= 0.3 is 0 Å². The molecule has 0 amide bonds. The highest BCUT2D eigenvalue weighted by Crippen LogP contribution is 1.96. The van der Waals surface area contributed by atoms with Crippen molar-refractivity contribution in [3.63, 3.8) is 0 Å². The summed E-state index contributed by atoms with van der Waals surface area (Å²) in [6.45, 7) is 2.86. The zero-order valence-electron chi connectivity index (χ0n) is 8.92. The number of carbonyl (C=O) groups excluding carboxylic acids is 1. The Balaban J connectivity index is 2.21. The predicted octanol–water partition coefficient (Wildman–Crippen LogP) is 1.76. The van der Waals surface area contributed by atoms with Crippen LogP contribution in [-0.4, -0.2) is 12.3 Å². The summed E-state index contributed by atoms with van der Waals surface area (Å²) < 4.78 is 0. The van der Waals surface area contributed by atoms with E-state index in [9.17, 15) is 4.79 Å². The fourth-order valence-corrected chi connectivity index (χ4v) is 1.19. The van der Waals surface area contributed by atoms with Crippen molar-refractivity contribution in [1.82, 2.24) is 5.32 Å². The zero-order chi connectivity index (χ0) is 10.9. The van der Waals surface area contributed by atoms with Gasteiger partial charge in [0.2, 0.25) is 0 Å². The van der Waals surface area contributed by atoms with Crippen LogP contribution in [0.2, 0.25) is 0 Å². The molecule has 0 aromatic heterocycles. The molecule has 1 aromatic rings. The summed E-state index contributed by atoms with van der Waals surface area (Å²) in [6.07, 6.45) is 0.346. The third kappa shape index (κ3) is 4.99. The van der Waals surface area contributed by atoms with Crippen molar-refractivity contribution >= 4 is 5.78 Å². The fourth-order valence-electron chi connectivity index (χ4n) is 1.19. The second kappa shape index (κ2) is 6.80. The number of benzene rings is 1. The van der Waals surface area contributed by atoms with Crippen LogP contribution in [0.1, 0.15) is 18.9 Å². The number of hydrogen-bond acceptors (Lipinski definition) is 2. The highest BCUT2D eigenvalue weighted by atomic mass is 16.1. The molecule has 0 atom stereocenters. The molecule has 0 spiro atoms. The molecule has 1 aromatic carbocycles. The average molecular weight is 201 g/mol. The number of nitrogens with one attached hydrogen (secondary N) is 1. The topological polar surface area (TPSA) is 29.1 Å². The minimum atomic E-state index is 0.139. The maximum atomic E-state index is 11.2. The van der Waals surface area contributed by atoms with Crippen LogP contribution in [0.25, 0.3) is 0 Å². The Kier molecular flexibility index (Phi) is 5.21. The van der Waals surface area contributed by atoms with Crippen LogP contribution >= 0.6 is 0 Å². The van der Waals surface area contributed by atoms with Gasteiger partial charge in [-0.15, -0.1) is 5.92 Å². The van der Waals surface area contributed by atoms with E-state index >= 15 is 0 Å². The molecular weight excluding hydrogens is 186 g/mol. The van der Waals surface area contributed by atoms with E-state index in [1.165, 1.54) is 5.56 Å². The van der Waals surface area contributed by atoms with Crippen LogP contribution in [0.3, 0.4) is 0 Å². The van der Waals surface area contributed by atoms with Crippen LogP contribution < -0.4 is 5.32 Å². The van der Waals surface area contributed by atoms with E-state index in [0.29, 0.717) is 13.0 Å². The van der Waals surface area contributed by atoms with Crippen molar-refractivity contribution in [2.45, 2.75) is 19.9 Å². The van der Waals surface area contributed by atoms with Gasteiger partial charge in [-0.2, -0.15) is 0 Å². The minimum absolute atomic E-state index is 0.139. The van der Waals surface area contributed by atoms with Crippen molar-refractivity contribution in [3.8, 4) is 11.8 Å². The van der Waals surface area contributed by atoms with Crippen molar-refractivity contribution in [2.24, 2.45) is 0 Å². The lowest BCUT2D eigenvalue weighted by atomic mass is 10.2. The average Bonchev–Trinajstić information content (AvgIpc) is 2.28. The summed E-state index contributed by atoms with van der Waals surface area (Å²) in [6, 6.07) is 10.0. The highest BCUT2D eigenvalue weighted by Gasteiger charge is 1.98. The van der Waals surface area contributed by atoms with E-state index < -0.39 is 0 Å². The molecule has 0 heterocycles. The summed E-state index contributed by atoms with van der Waals surface area (Å²) >= 11 is 0. The Labute approximate surface area is 90.7 Å². The van der Waals surface area contributed by atoms with Gasteiger partial charge in [0.15, 0.2) is 5.78 Å². The van der Waals surface area contributed by atoms with Crippen molar-refractivity contribution < 1.29 is 4.79 Å². The zero-order valence-corrected chi connectivity index (χ0v) is 8.92. The van der Waals surface area contributed by atoms with Crippen molar-refractivity contribution in [1.29, 1.82) is 0 Å². The second-order valence-corrected chi connectivity index (χ2v) is 3.23. The molecular formula is C13H15NO. The molecule has 0 radical (unpaired) electrons. The predicted molar refractivity (Wildman–Crippen MR) is 61.2 cm³/mol. The molecule has 0 bridgehead atoms. The SMILES string of the molecule is CC#CCC(=O)CNCc1ccccc1. The van der Waals surface area contributed by atoms with Crippen LogP contribution in [0.5, 0.6) is 0 Å². The van der Waals surface area contributed by atoms with E-state index in [1.807, 2.05) is 30.3 Å². The smallest absolute Gasteiger partial charge is 0.158 e. The van der Waals surface area contributed by atoms with Crippen molar-refractivity contribution in [2.75, 3.05) is 6.54 Å². The Bertz CT molecular complexity index is 359. The number of carbonyl (C=O) groups is 1. The van der Waals surface area contributed by atoms with E-state index in [0.717, 1.165) is 6.54 Å². The molecule has 15 heavy (non-hydrogen) atoms. The number of hydrogen-bond donors (Lipinski definition) is 1. The van der Waals surface area contributed by atoms with Gasteiger partial charge in [0.1, 0.15) is 0 Å². The Morgan fingerprint density at radius 3 is 2.73 bits per heavy atom.